The Labute approximate surface area is 158 Å². The van der Waals surface area contributed by atoms with Crippen LogP contribution >= 0.6 is 0 Å². The van der Waals surface area contributed by atoms with Crippen molar-refractivity contribution in [3.8, 4) is 0 Å². The van der Waals surface area contributed by atoms with Crippen LogP contribution in [0.25, 0.3) is 0 Å². The largest absolute Gasteiger partial charge is 0.416 e. The van der Waals surface area contributed by atoms with Gasteiger partial charge in [-0.05, 0) is 49.1 Å². The molecule has 0 spiro atoms. The lowest BCUT2D eigenvalue weighted by molar-refractivity contribution is -0.137. The topological polar surface area (TPSA) is 70.1 Å². The zero-order chi connectivity index (χ0) is 20.7. The summed E-state index contributed by atoms with van der Waals surface area (Å²) < 4.78 is 37.2. The molecule has 27 heavy (non-hydrogen) atoms. The van der Waals surface area contributed by atoms with Crippen LogP contribution in [0, 0.1) is 12.3 Å². The molecule has 3 nitrogen and oxygen atoms in total. The number of alkyl halides is 3. The summed E-state index contributed by atoms with van der Waals surface area (Å²) in [5.74, 6) is 0. The molecule has 0 saturated heterocycles. The first-order valence-corrected chi connectivity index (χ1v) is 8.79. The molecule has 0 unspecified atom stereocenters. The van der Waals surface area contributed by atoms with Gasteiger partial charge in [-0.2, -0.15) is 13.2 Å². The second-order valence-electron chi connectivity index (χ2n) is 6.44. The quantitative estimate of drug-likeness (QED) is 0.485. The number of hydrogen-bond acceptors (Lipinski definition) is 3. The molecular formula is C21H27F3N2O. The van der Waals surface area contributed by atoms with E-state index in [1.165, 1.54) is 18.3 Å². The maximum atomic E-state index is 12.4. The van der Waals surface area contributed by atoms with E-state index in [1.54, 1.807) is 6.07 Å². The van der Waals surface area contributed by atoms with Crippen molar-refractivity contribution in [2.75, 3.05) is 12.3 Å². The first-order chi connectivity index (χ1) is 12.6. The number of benzene rings is 2. The Kier molecular flexibility index (Phi) is 8.03. The van der Waals surface area contributed by atoms with Gasteiger partial charge in [0.25, 0.3) is 0 Å². The summed E-state index contributed by atoms with van der Waals surface area (Å²) in [4.78, 5) is 0. The number of aliphatic hydroxyl groups excluding tert-OH is 1. The average molecular weight is 380 g/mol. The number of aliphatic hydroxyl groups is 1. The Bertz CT molecular complexity index is 708. The van der Waals surface area contributed by atoms with Crippen LogP contribution in [0.5, 0.6) is 0 Å². The number of nitrogen functional groups attached to an aromatic ring is 1. The molecular weight excluding hydrogens is 353 g/mol. The van der Waals surface area contributed by atoms with E-state index in [2.05, 4.69) is 0 Å². The van der Waals surface area contributed by atoms with Gasteiger partial charge in [-0.3, -0.25) is 0 Å². The summed E-state index contributed by atoms with van der Waals surface area (Å²) in [6.45, 7) is 5.75. The van der Waals surface area contributed by atoms with E-state index in [-0.39, 0.29) is 6.61 Å². The fourth-order valence-electron chi connectivity index (χ4n) is 2.89. The van der Waals surface area contributed by atoms with Crippen molar-refractivity contribution < 1.29 is 18.3 Å². The van der Waals surface area contributed by atoms with Gasteiger partial charge in [0, 0.05) is 22.9 Å². The Hall–Kier alpha value is -2.34. The van der Waals surface area contributed by atoms with Gasteiger partial charge in [0.2, 0.25) is 0 Å². The predicted octanol–water partition coefficient (Wildman–Crippen LogP) is 5.33. The fourth-order valence-corrected chi connectivity index (χ4v) is 2.89. The maximum absolute atomic E-state index is 12.4. The number of nitrogens with two attached hydrogens (primary N) is 1. The van der Waals surface area contributed by atoms with Gasteiger partial charge in [-0.25, -0.2) is 0 Å². The van der Waals surface area contributed by atoms with Gasteiger partial charge < -0.3 is 16.2 Å². The van der Waals surface area contributed by atoms with Crippen LogP contribution in [0.2, 0.25) is 0 Å². The van der Waals surface area contributed by atoms with Crippen LogP contribution in [0.3, 0.4) is 0 Å². The lowest BCUT2D eigenvalue weighted by atomic mass is 9.76. The third-order valence-corrected chi connectivity index (χ3v) is 4.98. The van der Waals surface area contributed by atoms with E-state index in [0.717, 1.165) is 28.8 Å². The monoisotopic (exact) mass is 380 g/mol. The number of aryl methyl sites for hydroxylation is 1. The Morgan fingerprint density at radius 1 is 1.00 bits per heavy atom. The van der Waals surface area contributed by atoms with Crippen LogP contribution in [0.4, 0.5) is 18.9 Å². The van der Waals surface area contributed by atoms with Crippen molar-refractivity contribution in [1.82, 2.24) is 0 Å². The minimum atomic E-state index is -4.31. The summed E-state index contributed by atoms with van der Waals surface area (Å²) in [5.41, 5.74) is 7.81. The van der Waals surface area contributed by atoms with Gasteiger partial charge in [0.1, 0.15) is 0 Å². The predicted molar refractivity (Wildman–Crippen MR) is 104 cm³/mol. The number of nitrogens with one attached hydrogen (secondary N) is 1. The normalized spacial score (nSPS) is 11.5. The molecule has 0 fully saturated rings. The van der Waals surface area contributed by atoms with Gasteiger partial charge in [0.05, 0.1) is 12.2 Å². The minimum absolute atomic E-state index is 0.0502. The molecule has 0 aromatic heterocycles. The third-order valence-electron chi connectivity index (χ3n) is 4.98. The van der Waals surface area contributed by atoms with Gasteiger partial charge in [0.15, 0.2) is 0 Å². The molecule has 148 valence electrons. The first kappa shape index (κ1) is 22.7. The Morgan fingerprint density at radius 3 is 1.85 bits per heavy atom. The van der Waals surface area contributed by atoms with Crippen LogP contribution in [-0.4, -0.2) is 17.9 Å². The zero-order valence-corrected chi connectivity index (χ0v) is 15.9. The molecule has 0 heterocycles. The lowest BCUT2D eigenvalue weighted by Gasteiger charge is -2.30. The molecule has 0 aliphatic rings. The van der Waals surface area contributed by atoms with Gasteiger partial charge >= 0.3 is 6.18 Å². The highest BCUT2D eigenvalue weighted by atomic mass is 19.4. The molecule has 6 heteroatoms. The molecule has 0 atom stereocenters. The molecule has 0 aliphatic carbocycles. The summed E-state index contributed by atoms with van der Waals surface area (Å²) in [7, 11) is 0. The molecule has 0 amide bonds. The molecule has 2 aromatic rings. The van der Waals surface area contributed by atoms with E-state index >= 15 is 0 Å². The fraction of sp³-hybridized carbons (Fsp3) is 0.381. The second-order valence-corrected chi connectivity index (χ2v) is 6.44. The van der Waals surface area contributed by atoms with Crippen molar-refractivity contribution in [3.05, 3.63) is 64.7 Å². The highest BCUT2D eigenvalue weighted by Gasteiger charge is 2.32. The summed E-state index contributed by atoms with van der Waals surface area (Å²) in [6.07, 6.45) is -1.62. The lowest BCUT2D eigenvalue weighted by Crippen LogP contribution is -2.29. The molecule has 2 rings (SSSR count). The molecule has 0 saturated carbocycles. The maximum Gasteiger partial charge on any atom is 0.416 e. The Balaban J connectivity index is 0.000000309. The van der Waals surface area contributed by atoms with Crippen LogP contribution < -0.4 is 5.73 Å². The van der Waals surface area contributed by atoms with Crippen LogP contribution in [0.15, 0.2) is 42.5 Å². The minimum Gasteiger partial charge on any atom is -0.398 e. The Morgan fingerprint density at radius 2 is 1.52 bits per heavy atom. The molecule has 0 radical (unpaired) electrons. The third kappa shape index (κ3) is 5.57. The first-order valence-electron chi connectivity index (χ1n) is 8.79. The van der Waals surface area contributed by atoms with Gasteiger partial charge in [-0.1, -0.05) is 38.1 Å². The average Bonchev–Trinajstić information content (AvgIpc) is 2.64. The molecule has 0 bridgehead atoms. The molecule has 2 aromatic carbocycles. The summed E-state index contributed by atoms with van der Waals surface area (Å²) >= 11 is 0. The number of anilines is 1. The van der Waals surface area contributed by atoms with E-state index < -0.39 is 17.2 Å². The molecule has 4 N–H and O–H groups in total. The summed E-state index contributed by atoms with van der Waals surface area (Å²) in [5, 5.41) is 16.5. The highest BCUT2D eigenvalue weighted by Crippen LogP contribution is 2.34. The number of rotatable bonds is 5. The van der Waals surface area contributed by atoms with E-state index in [9.17, 15) is 18.3 Å². The van der Waals surface area contributed by atoms with Crippen molar-refractivity contribution in [2.45, 2.75) is 45.2 Å². The molecule has 0 aliphatic heterocycles. The zero-order valence-electron chi connectivity index (χ0n) is 15.9. The summed E-state index contributed by atoms with van der Waals surface area (Å²) in [6, 6.07) is 10.7. The number of hydrogen-bond donors (Lipinski definition) is 3. The van der Waals surface area contributed by atoms with Crippen molar-refractivity contribution in [3.63, 3.8) is 0 Å². The highest BCUT2D eigenvalue weighted by molar-refractivity contribution is 5.86. The van der Waals surface area contributed by atoms with E-state index in [4.69, 9.17) is 11.1 Å². The van der Waals surface area contributed by atoms with Gasteiger partial charge in [-0.15, -0.1) is 0 Å². The van der Waals surface area contributed by atoms with Crippen molar-refractivity contribution in [2.24, 2.45) is 0 Å². The van der Waals surface area contributed by atoms with E-state index in [0.29, 0.717) is 18.5 Å². The van der Waals surface area contributed by atoms with Crippen LogP contribution in [0.1, 0.15) is 48.9 Å². The van der Waals surface area contributed by atoms with Crippen molar-refractivity contribution in [1.29, 1.82) is 5.41 Å². The SMILES string of the molecule is CCC(CC)(CO)c1ccc(C(F)(F)F)cc1.Cc1cccc(N)c1C=N. The second kappa shape index (κ2) is 9.55. The number of halogens is 3. The smallest absolute Gasteiger partial charge is 0.398 e. The van der Waals surface area contributed by atoms with Crippen LogP contribution in [-0.2, 0) is 11.6 Å². The van der Waals surface area contributed by atoms with Crippen molar-refractivity contribution >= 4 is 11.9 Å². The van der Waals surface area contributed by atoms with E-state index in [1.807, 2.05) is 32.9 Å². The standard InChI is InChI=1S/C13H17F3O.C8H10N2/c1-3-12(4-2,9-17)10-5-7-11(8-6-10)13(14,15)16;1-6-3-2-4-8(10)7(6)5-9/h5-8,17H,3-4,9H2,1-2H3;2-5,9H,10H2,1H3.